The van der Waals surface area contributed by atoms with Crippen molar-refractivity contribution in [2.75, 3.05) is 0 Å². The first-order valence-corrected chi connectivity index (χ1v) is 8.86. The highest BCUT2D eigenvalue weighted by Gasteiger charge is 2.11. The van der Waals surface area contributed by atoms with Gasteiger partial charge in [0.15, 0.2) is 0 Å². The maximum Gasteiger partial charge on any atom is 0.144 e. The Labute approximate surface area is 138 Å². The zero-order chi connectivity index (χ0) is 14.2. The maximum absolute atomic E-state index is 4.73. The van der Waals surface area contributed by atoms with Crippen LogP contribution in [-0.2, 0) is 0 Å². The van der Waals surface area contributed by atoms with Gasteiger partial charge in [0.1, 0.15) is 15.7 Å². The van der Waals surface area contributed by atoms with Crippen molar-refractivity contribution in [1.82, 2.24) is 9.97 Å². The summed E-state index contributed by atoms with van der Waals surface area (Å²) in [6.45, 7) is 0. The van der Waals surface area contributed by atoms with Crippen LogP contribution >= 0.6 is 38.6 Å². The van der Waals surface area contributed by atoms with Crippen molar-refractivity contribution in [3.63, 3.8) is 0 Å². The van der Waals surface area contributed by atoms with Crippen molar-refractivity contribution in [1.29, 1.82) is 0 Å². The number of fused-ring (bicyclic) bond motifs is 1. The summed E-state index contributed by atoms with van der Waals surface area (Å²) in [5.74, 6) is 0. The van der Waals surface area contributed by atoms with Gasteiger partial charge in [-0.2, -0.15) is 0 Å². The molecule has 0 radical (unpaired) electrons. The quantitative estimate of drug-likeness (QED) is 0.441. The lowest BCUT2D eigenvalue weighted by Gasteiger charge is -1.95. The summed E-state index contributed by atoms with van der Waals surface area (Å²) in [6, 6.07) is 16.4. The number of thiazole rings is 2. The summed E-state index contributed by atoms with van der Waals surface area (Å²) in [6.07, 6.45) is 0. The Bertz CT molecular complexity index is 876. The van der Waals surface area contributed by atoms with Crippen LogP contribution in [0.2, 0.25) is 0 Å². The first-order chi connectivity index (χ1) is 10.3. The van der Waals surface area contributed by atoms with Gasteiger partial charge < -0.3 is 0 Å². The Hall–Kier alpha value is -1.56. The molecule has 0 saturated carbocycles. The fourth-order valence-corrected chi connectivity index (χ4v) is 4.15. The zero-order valence-electron chi connectivity index (χ0n) is 10.8. The second-order valence-electron chi connectivity index (χ2n) is 4.53. The van der Waals surface area contributed by atoms with Crippen LogP contribution in [0.5, 0.6) is 0 Å². The average Bonchev–Trinajstić information content (AvgIpc) is 3.14. The van der Waals surface area contributed by atoms with Crippen molar-refractivity contribution in [3.05, 3.63) is 58.4 Å². The Kier molecular flexibility index (Phi) is 3.33. The Morgan fingerprint density at radius 3 is 2.48 bits per heavy atom. The molecule has 4 rings (SSSR count). The van der Waals surface area contributed by atoms with E-state index in [1.165, 1.54) is 4.70 Å². The van der Waals surface area contributed by atoms with E-state index in [-0.39, 0.29) is 0 Å². The summed E-state index contributed by atoms with van der Waals surface area (Å²) in [4.78, 5) is 9.39. The van der Waals surface area contributed by atoms with Gasteiger partial charge in [-0.15, -0.1) is 22.7 Å². The summed E-state index contributed by atoms with van der Waals surface area (Å²) in [5, 5.41) is 4.09. The molecular formula is C16H9BrN2S2. The molecule has 5 heteroatoms. The van der Waals surface area contributed by atoms with E-state index >= 15 is 0 Å². The van der Waals surface area contributed by atoms with Crippen molar-refractivity contribution < 1.29 is 0 Å². The third-order valence-corrected chi connectivity index (χ3v) is 5.59. The van der Waals surface area contributed by atoms with Crippen molar-refractivity contribution in [2.24, 2.45) is 0 Å². The summed E-state index contributed by atoms with van der Waals surface area (Å²) < 4.78 is 2.28. The molecule has 0 unspecified atom stereocenters. The number of aromatic nitrogens is 2. The van der Waals surface area contributed by atoms with E-state index in [1.807, 2.05) is 30.3 Å². The standard InChI is InChI=1S/C16H9BrN2S2/c17-11-7-5-10(6-8-11)15-19-13(9-20-15)16-18-12-3-1-2-4-14(12)21-16/h1-9H. The normalized spacial score (nSPS) is 11.1. The van der Waals surface area contributed by atoms with E-state index in [1.54, 1.807) is 22.7 Å². The molecule has 0 amide bonds. The topological polar surface area (TPSA) is 25.8 Å². The molecule has 2 aromatic carbocycles. The molecule has 0 atom stereocenters. The molecule has 102 valence electrons. The fraction of sp³-hybridized carbons (Fsp3) is 0. The number of para-hydroxylation sites is 1. The number of benzene rings is 2. The molecule has 0 aliphatic rings. The second kappa shape index (κ2) is 5.33. The molecular weight excluding hydrogens is 364 g/mol. The zero-order valence-corrected chi connectivity index (χ0v) is 14.0. The highest BCUT2D eigenvalue weighted by Crippen LogP contribution is 2.33. The summed E-state index contributed by atoms with van der Waals surface area (Å²) in [7, 11) is 0. The lowest BCUT2D eigenvalue weighted by atomic mass is 10.2. The van der Waals surface area contributed by atoms with Crippen LogP contribution in [-0.4, -0.2) is 9.97 Å². The molecule has 0 N–H and O–H groups in total. The highest BCUT2D eigenvalue weighted by molar-refractivity contribution is 9.10. The molecule has 0 bridgehead atoms. The van der Waals surface area contributed by atoms with Gasteiger partial charge in [0.2, 0.25) is 0 Å². The van der Waals surface area contributed by atoms with Gasteiger partial charge in [0.05, 0.1) is 10.2 Å². The second-order valence-corrected chi connectivity index (χ2v) is 7.34. The highest BCUT2D eigenvalue weighted by atomic mass is 79.9. The van der Waals surface area contributed by atoms with E-state index in [0.29, 0.717) is 0 Å². The first kappa shape index (κ1) is 13.1. The van der Waals surface area contributed by atoms with Gasteiger partial charge in [-0.25, -0.2) is 9.97 Å². The Morgan fingerprint density at radius 2 is 1.67 bits per heavy atom. The molecule has 2 aromatic heterocycles. The number of hydrogen-bond acceptors (Lipinski definition) is 4. The monoisotopic (exact) mass is 372 g/mol. The van der Waals surface area contributed by atoms with Gasteiger partial charge in [0, 0.05) is 15.4 Å². The predicted octanol–water partition coefficient (Wildman–Crippen LogP) is 5.85. The molecule has 21 heavy (non-hydrogen) atoms. The largest absolute Gasteiger partial charge is 0.234 e. The SMILES string of the molecule is Brc1ccc(-c2nc(-c3nc4ccccc4s3)cs2)cc1. The van der Waals surface area contributed by atoms with E-state index in [0.717, 1.165) is 31.3 Å². The molecule has 0 aliphatic heterocycles. The predicted molar refractivity (Wildman–Crippen MR) is 93.9 cm³/mol. The molecule has 0 saturated heterocycles. The molecule has 2 nitrogen and oxygen atoms in total. The molecule has 0 fully saturated rings. The van der Waals surface area contributed by atoms with Gasteiger partial charge in [0.25, 0.3) is 0 Å². The minimum absolute atomic E-state index is 0.958. The third kappa shape index (κ3) is 2.52. The number of halogens is 1. The van der Waals surface area contributed by atoms with Crippen molar-refractivity contribution in [3.8, 4) is 21.3 Å². The molecule has 2 heterocycles. The van der Waals surface area contributed by atoms with Gasteiger partial charge in [-0.3, -0.25) is 0 Å². The Balaban J connectivity index is 1.75. The van der Waals surface area contributed by atoms with E-state index in [4.69, 9.17) is 4.98 Å². The lowest BCUT2D eigenvalue weighted by molar-refractivity contribution is 1.37. The number of hydrogen-bond donors (Lipinski definition) is 0. The van der Waals surface area contributed by atoms with Crippen molar-refractivity contribution in [2.45, 2.75) is 0 Å². The van der Waals surface area contributed by atoms with Crippen LogP contribution in [0.15, 0.2) is 58.4 Å². The summed E-state index contributed by atoms with van der Waals surface area (Å²) in [5.41, 5.74) is 3.13. The molecule has 0 aliphatic carbocycles. The Morgan fingerprint density at radius 1 is 0.857 bits per heavy atom. The van der Waals surface area contributed by atoms with Crippen LogP contribution in [0, 0.1) is 0 Å². The average molecular weight is 373 g/mol. The smallest absolute Gasteiger partial charge is 0.144 e. The van der Waals surface area contributed by atoms with Crippen LogP contribution in [0.3, 0.4) is 0 Å². The minimum atomic E-state index is 0.958. The van der Waals surface area contributed by atoms with Crippen LogP contribution in [0.1, 0.15) is 0 Å². The molecule has 0 spiro atoms. The lowest BCUT2D eigenvalue weighted by Crippen LogP contribution is -1.78. The van der Waals surface area contributed by atoms with Crippen LogP contribution < -0.4 is 0 Å². The number of rotatable bonds is 2. The van der Waals surface area contributed by atoms with Crippen LogP contribution in [0.25, 0.3) is 31.5 Å². The van der Waals surface area contributed by atoms with Gasteiger partial charge in [-0.05, 0) is 24.3 Å². The van der Waals surface area contributed by atoms with Gasteiger partial charge in [-0.1, -0.05) is 40.2 Å². The third-order valence-electron chi connectivity index (χ3n) is 3.11. The van der Waals surface area contributed by atoms with E-state index in [9.17, 15) is 0 Å². The van der Waals surface area contributed by atoms with Gasteiger partial charge >= 0.3 is 0 Å². The fourth-order valence-electron chi connectivity index (χ4n) is 2.08. The maximum atomic E-state index is 4.73. The molecule has 4 aromatic rings. The van der Waals surface area contributed by atoms with Crippen LogP contribution in [0.4, 0.5) is 0 Å². The number of nitrogens with zero attached hydrogens (tertiary/aromatic N) is 2. The van der Waals surface area contributed by atoms with E-state index in [2.05, 4.69) is 44.5 Å². The van der Waals surface area contributed by atoms with E-state index < -0.39 is 0 Å². The summed E-state index contributed by atoms with van der Waals surface area (Å²) >= 11 is 6.79. The first-order valence-electron chi connectivity index (χ1n) is 6.37. The minimum Gasteiger partial charge on any atom is -0.234 e. The van der Waals surface area contributed by atoms with Crippen molar-refractivity contribution >= 4 is 48.8 Å².